The van der Waals surface area contributed by atoms with Crippen LogP contribution < -0.4 is 9.46 Å². The van der Waals surface area contributed by atoms with Crippen LogP contribution in [0.5, 0.6) is 5.75 Å². The number of aryl methyl sites for hydroxylation is 1. The molecule has 2 aromatic rings. The minimum Gasteiger partial charge on any atom is -0.492 e. The average Bonchev–Trinajstić information content (AvgIpc) is 2.47. The Kier molecular flexibility index (Phi) is 6.30. The van der Waals surface area contributed by atoms with E-state index < -0.39 is 10.0 Å². The monoisotopic (exact) mass is 373 g/mol. The zero-order valence-electron chi connectivity index (χ0n) is 12.6. The van der Waals surface area contributed by atoms with Gasteiger partial charge >= 0.3 is 0 Å². The predicted molar refractivity (Wildman–Crippen MR) is 93.8 cm³/mol. The van der Waals surface area contributed by atoms with E-state index in [1.54, 1.807) is 12.1 Å². The molecule has 0 heterocycles. The highest BCUT2D eigenvalue weighted by molar-refractivity contribution is 7.88. The van der Waals surface area contributed by atoms with Crippen LogP contribution >= 0.6 is 23.2 Å². The fourth-order valence-corrected chi connectivity index (χ4v) is 3.68. The van der Waals surface area contributed by atoms with Crippen molar-refractivity contribution in [2.24, 2.45) is 0 Å². The fraction of sp³-hybridized carbons (Fsp3) is 0.250. The van der Waals surface area contributed by atoms with Crippen molar-refractivity contribution >= 4 is 33.2 Å². The van der Waals surface area contributed by atoms with Gasteiger partial charge in [0, 0.05) is 16.6 Å². The summed E-state index contributed by atoms with van der Waals surface area (Å²) < 4.78 is 32.1. The van der Waals surface area contributed by atoms with E-state index in [1.807, 2.05) is 31.2 Å². The Bertz CT molecular complexity index is 779. The molecule has 7 heteroatoms. The van der Waals surface area contributed by atoms with Crippen molar-refractivity contribution in [1.82, 2.24) is 4.72 Å². The molecule has 124 valence electrons. The highest BCUT2D eigenvalue weighted by Crippen LogP contribution is 2.22. The zero-order valence-corrected chi connectivity index (χ0v) is 14.9. The van der Waals surface area contributed by atoms with Crippen molar-refractivity contribution in [2.75, 3.05) is 13.2 Å². The van der Waals surface area contributed by atoms with Crippen LogP contribution in [-0.2, 0) is 15.8 Å². The zero-order chi connectivity index (χ0) is 16.9. The van der Waals surface area contributed by atoms with Gasteiger partial charge in [-0.25, -0.2) is 13.1 Å². The molecule has 0 aliphatic rings. The Labute approximate surface area is 146 Å². The van der Waals surface area contributed by atoms with Crippen LogP contribution in [-0.4, -0.2) is 21.6 Å². The summed E-state index contributed by atoms with van der Waals surface area (Å²) in [5.74, 6) is 0.512. The topological polar surface area (TPSA) is 55.4 Å². The van der Waals surface area contributed by atoms with Crippen LogP contribution in [0, 0.1) is 6.92 Å². The number of sulfonamides is 1. The Morgan fingerprint density at radius 2 is 1.91 bits per heavy atom. The van der Waals surface area contributed by atoms with Crippen LogP contribution in [0.1, 0.15) is 11.1 Å². The lowest BCUT2D eigenvalue weighted by Gasteiger charge is -2.10. The Morgan fingerprint density at radius 1 is 1.13 bits per heavy atom. The van der Waals surface area contributed by atoms with Gasteiger partial charge in [0.05, 0.1) is 5.75 Å². The molecule has 4 nitrogen and oxygen atoms in total. The number of halogens is 2. The Balaban J connectivity index is 1.84. The molecule has 0 fully saturated rings. The highest BCUT2D eigenvalue weighted by atomic mass is 35.5. The molecular formula is C16H17Cl2NO3S. The van der Waals surface area contributed by atoms with Crippen molar-refractivity contribution in [3.63, 3.8) is 0 Å². The number of rotatable bonds is 7. The van der Waals surface area contributed by atoms with E-state index in [9.17, 15) is 8.42 Å². The van der Waals surface area contributed by atoms with Gasteiger partial charge in [-0.15, -0.1) is 0 Å². The second-order valence-corrected chi connectivity index (χ2v) is 7.70. The third-order valence-corrected chi connectivity index (χ3v) is 4.96. The lowest BCUT2D eigenvalue weighted by molar-refractivity contribution is 0.322. The fourth-order valence-electron chi connectivity index (χ4n) is 1.97. The van der Waals surface area contributed by atoms with E-state index in [1.165, 1.54) is 6.07 Å². The van der Waals surface area contributed by atoms with Gasteiger partial charge in [0.2, 0.25) is 10.0 Å². The van der Waals surface area contributed by atoms with Crippen molar-refractivity contribution in [2.45, 2.75) is 12.7 Å². The largest absolute Gasteiger partial charge is 0.492 e. The molecule has 0 saturated heterocycles. The minimum atomic E-state index is -3.49. The van der Waals surface area contributed by atoms with Gasteiger partial charge < -0.3 is 4.74 Å². The van der Waals surface area contributed by atoms with Crippen LogP contribution in [0.2, 0.25) is 10.0 Å². The first-order valence-electron chi connectivity index (χ1n) is 6.96. The molecule has 1 N–H and O–H groups in total. The Morgan fingerprint density at radius 3 is 2.61 bits per heavy atom. The second kappa shape index (κ2) is 8.02. The first-order valence-corrected chi connectivity index (χ1v) is 9.37. The molecular weight excluding hydrogens is 357 g/mol. The normalized spacial score (nSPS) is 11.4. The minimum absolute atomic E-state index is 0.182. The van der Waals surface area contributed by atoms with E-state index in [0.29, 0.717) is 21.4 Å². The van der Waals surface area contributed by atoms with Crippen molar-refractivity contribution in [1.29, 1.82) is 0 Å². The maximum atomic E-state index is 12.0. The van der Waals surface area contributed by atoms with Gasteiger partial charge in [0.25, 0.3) is 0 Å². The van der Waals surface area contributed by atoms with Crippen LogP contribution in [0.25, 0.3) is 0 Å². The predicted octanol–water partition coefficient (Wildman–Crippen LogP) is 3.80. The molecule has 2 rings (SSSR count). The van der Waals surface area contributed by atoms with Gasteiger partial charge in [-0.1, -0.05) is 41.4 Å². The summed E-state index contributed by atoms with van der Waals surface area (Å²) in [6.07, 6.45) is 0. The maximum absolute atomic E-state index is 12.0. The first kappa shape index (κ1) is 18.1. The molecule has 23 heavy (non-hydrogen) atoms. The van der Waals surface area contributed by atoms with Crippen molar-refractivity contribution in [3.8, 4) is 5.75 Å². The summed E-state index contributed by atoms with van der Waals surface area (Å²) in [6, 6.07) is 12.3. The standard InChI is InChI=1S/C16H17Cl2NO3S/c1-12-3-2-4-15(9-12)22-8-7-19-23(20,21)11-13-5-6-14(17)10-16(13)18/h2-6,9-10,19H,7-8,11H2,1H3. The summed E-state index contributed by atoms with van der Waals surface area (Å²) in [5.41, 5.74) is 1.59. The average molecular weight is 374 g/mol. The number of ether oxygens (including phenoxy) is 1. The highest BCUT2D eigenvalue weighted by Gasteiger charge is 2.13. The number of benzene rings is 2. The maximum Gasteiger partial charge on any atom is 0.215 e. The molecule has 0 aliphatic carbocycles. The lowest BCUT2D eigenvalue weighted by atomic mass is 10.2. The van der Waals surface area contributed by atoms with Crippen molar-refractivity contribution in [3.05, 3.63) is 63.6 Å². The van der Waals surface area contributed by atoms with Gasteiger partial charge in [-0.3, -0.25) is 0 Å². The molecule has 0 aromatic heterocycles. The quantitative estimate of drug-likeness (QED) is 0.750. The molecule has 0 unspecified atom stereocenters. The molecule has 0 amide bonds. The van der Waals surface area contributed by atoms with E-state index in [2.05, 4.69) is 4.72 Å². The SMILES string of the molecule is Cc1cccc(OCCNS(=O)(=O)Cc2ccc(Cl)cc2Cl)c1. The Hall–Kier alpha value is -1.27. The first-order chi connectivity index (χ1) is 10.9. The number of nitrogens with one attached hydrogen (secondary N) is 1. The third-order valence-electron chi connectivity index (χ3n) is 3.04. The molecule has 0 atom stereocenters. The van der Waals surface area contributed by atoms with E-state index in [4.69, 9.17) is 27.9 Å². The van der Waals surface area contributed by atoms with Gasteiger partial charge in [0.15, 0.2) is 0 Å². The summed E-state index contributed by atoms with van der Waals surface area (Å²) in [5, 5.41) is 0.801. The van der Waals surface area contributed by atoms with Crippen LogP contribution in [0.3, 0.4) is 0 Å². The lowest BCUT2D eigenvalue weighted by Crippen LogP contribution is -2.29. The molecule has 0 radical (unpaired) electrons. The second-order valence-electron chi connectivity index (χ2n) is 5.05. The summed E-state index contributed by atoms with van der Waals surface area (Å²) >= 11 is 11.8. The van der Waals surface area contributed by atoms with Gasteiger partial charge in [-0.2, -0.15) is 0 Å². The van der Waals surface area contributed by atoms with Crippen molar-refractivity contribution < 1.29 is 13.2 Å². The van der Waals surface area contributed by atoms with Gasteiger partial charge in [-0.05, 0) is 42.3 Å². The van der Waals surface area contributed by atoms with E-state index in [0.717, 1.165) is 5.56 Å². The molecule has 0 aliphatic heterocycles. The van der Waals surface area contributed by atoms with Crippen LogP contribution in [0.4, 0.5) is 0 Å². The van der Waals surface area contributed by atoms with E-state index in [-0.39, 0.29) is 18.9 Å². The number of hydrogen-bond acceptors (Lipinski definition) is 3. The third kappa shape index (κ3) is 6.03. The molecule has 0 bridgehead atoms. The van der Waals surface area contributed by atoms with E-state index >= 15 is 0 Å². The smallest absolute Gasteiger partial charge is 0.215 e. The number of hydrogen-bond donors (Lipinski definition) is 1. The summed E-state index contributed by atoms with van der Waals surface area (Å²) in [4.78, 5) is 0. The summed E-state index contributed by atoms with van der Waals surface area (Å²) in [7, 11) is -3.49. The summed E-state index contributed by atoms with van der Waals surface area (Å²) in [6.45, 7) is 2.39. The molecule has 0 spiro atoms. The van der Waals surface area contributed by atoms with Crippen LogP contribution in [0.15, 0.2) is 42.5 Å². The molecule has 0 saturated carbocycles. The molecule has 2 aromatic carbocycles. The van der Waals surface area contributed by atoms with Gasteiger partial charge in [0.1, 0.15) is 12.4 Å².